The molecule has 3 aliphatic rings. The van der Waals surface area contributed by atoms with Crippen molar-refractivity contribution < 1.29 is 13.9 Å². The number of aromatic nitrogens is 4. The Kier molecular flexibility index (Phi) is 6.80. The minimum Gasteiger partial charge on any atom is -0.379 e. The van der Waals surface area contributed by atoms with Crippen molar-refractivity contribution in [1.29, 1.82) is 0 Å². The molecule has 9 heteroatoms. The maximum Gasteiger partial charge on any atom is 0.259 e. The van der Waals surface area contributed by atoms with Crippen molar-refractivity contribution in [1.82, 2.24) is 24.6 Å². The minimum atomic E-state index is -0.434. The molecule has 198 valence electrons. The van der Waals surface area contributed by atoms with E-state index in [1.165, 1.54) is 22.5 Å². The first-order valence-electron chi connectivity index (χ1n) is 13.5. The van der Waals surface area contributed by atoms with Crippen LogP contribution in [0.2, 0.25) is 0 Å². The Balaban J connectivity index is 1.13. The van der Waals surface area contributed by atoms with E-state index in [4.69, 9.17) is 9.72 Å². The molecular formula is C29H33FN6O2. The van der Waals surface area contributed by atoms with E-state index in [0.29, 0.717) is 28.9 Å². The third-order valence-electron chi connectivity index (χ3n) is 7.93. The van der Waals surface area contributed by atoms with E-state index in [1.807, 2.05) is 13.0 Å². The second-order valence-electron chi connectivity index (χ2n) is 10.6. The Bertz CT molecular complexity index is 1390. The van der Waals surface area contributed by atoms with Gasteiger partial charge in [0, 0.05) is 25.3 Å². The molecule has 0 spiro atoms. The fourth-order valence-electron chi connectivity index (χ4n) is 5.57. The van der Waals surface area contributed by atoms with Crippen molar-refractivity contribution in [2.45, 2.75) is 57.9 Å². The number of ether oxygens (including phenoxy) is 1. The molecule has 38 heavy (non-hydrogen) atoms. The first kappa shape index (κ1) is 24.9. The van der Waals surface area contributed by atoms with Crippen LogP contribution in [0.3, 0.4) is 0 Å². The number of anilines is 1. The summed E-state index contributed by atoms with van der Waals surface area (Å²) in [5.41, 5.74) is 5.70. The van der Waals surface area contributed by atoms with Gasteiger partial charge in [-0.05, 0) is 80.7 Å². The van der Waals surface area contributed by atoms with Crippen LogP contribution in [0.5, 0.6) is 0 Å². The average molecular weight is 517 g/mol. The van der Waals surface area contributed by atoms with Gasteiger partial charge < -0.3 is 10.1 Å². The van der Waals surface area contributed by atoms with Crippen LogP contribution >= 0.6 is 0 Å². The van der Waals surface area contributed by atoms with Gasteiger partial charge in [-0.3, -0.25) is 14.7 Å². The Morgan fingerprint density at radius 1 is 1.08 bits per heavy atom. The zero-order valence-electron chi connectivity index (χ0n) is 21.9. The molecule has 4 heterocycles. The number of aryl methyl sites for hydroxylation is 1. The summed E-state index contributed by atoms with van der Waals surface area (Å²) >= 11 is 0. The van der Waals surface area contributed by atoms with Gasteiger partial charge in [-0.15, -0.1) is 0 Å². The summed E-state index contributed by atoms with van der Waals surface area (Å²) in [6.07, 6.45) is 12.5. The molecule has 6 rings (SSSR count). The topological polar surface area (TPSA) is 85.2 Å². The van der Waals surface area contributed by atoms with Gasteiger partial charge in [0.05, 0.1) is 48.2 Å². The van der Waals surface area contributed by atoms with Crippen LogP contribution in [0.25, 0.3) is 11.4 Å². The molecule has 1 aliphatic heterocycles. The van der Waals surface area contributed by atoms with E-state index in [2.05, 4.69) is 26.4 Å². The fourth-order valence-corrected chi connectivity index (χ4v) is 5.57. The number of rotatable bonds is 6. The lowest BCUT2D eigenvalue weighted by Crippen LogP contribution is -2.43. The monoisotopic (exact) mass is 516 g/mol. The van der Waals surface area contributed by atoms with Gasteiger partial charge in [-0.1, -0.05) is 6.08 Å². The van der Waals surface area contributed by atoms with Crippen LogP contribution in [0.1, 0.15) is 70.9 Å². The Labute approximate surface area is 221 Å². The summed E-state index contributed by atoms with van der Waals surface area (Å²) in [5.74, 6) is -0.236. The molecule has 3 aromatic heterocycles. The number of allylic oxidation sites excluding steroid dienone is 1. The minimum absolute atomic E-state index is 0.101. The lowest BCUT2D eigenvalue weighted by Gasteiger charge is -2.36. The highest BCUT2D eigenvalue weighted by molar-refractivity contribution is 6.05. The summed E-state index contributed by atoms with van der Waals surface area (Å²) in [7, 11) is 0. The predicted molar refractivity (Wildman–Crippen MR) is 143 cm³/mol. The van der Waals surface area contributed by atoms with Crippen molar-refractivity contribution in [3.8, 4) is 5.82 Å². The smallest absolute Gasteiger partial charge is 0.259 e. The number of carbonyl (C=O) groups is 1. The molecule has 3 aromatic rings. The summed E-state index contributed by atoms with van der Waals surface area (Å²) in [4.78, 5) is 24.6. The van der Waals surface area contributed by atoms with Crippen LogP contribution in [-0.2, 0) is 4.74 Å². The van der Waals surface area contributed by atoms with Gasteiger partial charge in [0.15, 0.2) is 11.6 Å². The summed E-state index contributed by atoms with van der Waals surface area (Å²) in [6.45, 7) is 7.43. The number of nitrogens with zero attached hydrogens (tertiary/aromatic N) is 5. The number of hydrogen-bond acceptors (Lipinski definition) is 6. The average Bonchev–Trinajstić information content (AvgIpc) is 3.71. The maximum atomic E-state index is 14.8. The quantitative estimate of drug-likeness (QED) is 0.506. The summed E-state index contributed by atoms with van der Waals surface area (Å²) in [5, 5.41) is 7.18. The number of morpholine rings is 1. The SMILES string of the molecule is Cc1cc(NC(=O)c2cnn(-c3ncc(C4CC4)cc3F)c2C)cnc1C1=CCC(N2CCOCC2)CC1. The van der Waals surface area contributed by atoms with E-state index in [1.54, 1.807) is 19.3 Å². The van der Waals surface area contributed by atoms with E-state index in [9.17, 15) is 9.18 Å². The molecule has 2 aliphatic carbocycles. The molecule has 0 bridgehead atoms. The van der Waals surface area contributed by atoms with Crippen molar-refractivity contribution in [3.63, 3.8) is 0 Å². The van der Waals surface area contributed by atoms with Crippen molar-refractivity contribution in [2.24, 2.45) is 0 Å². The largest absolute Gasteiger partial charge is 0.379 e. The second-order valence-corrected chi connectivity index (χ2v) is 10.6. The Hall–Kier alpha value is -3.43. The van der Waals surface area contributed by atoms with Gasteiger partial charge in [0.2, 0.25) is 0 Å². The highest BCUT2D eigenvalue weighted by Crippen LogP contribution is 2.40. The fraction of sp³-hybridized carbons (Fsp3) is 0.448. The highest BCUT2D eigenvalue weighted by Gasteiger charge is 2.26. The molecular weight excluding hydrogens is 483 g/mol. The molecule has 1 saturated carbocycles. The molecule has 8 nitrogen and oxygen atoms in total. The van der Waals surface area contributed by atoms with E-state index in [-0.39, 0.29) is 11.7 Å². The first-order chi connectivity index (χ1) is 18.5. The van der Waals surface area contributed by atoms with Crippen molar-refractivity contribution >= 4 is 17.2 Å². The highest BCUT2D eigenvalue weighted by atomic mass is 19.1. The number of hydrogen-bond donors (Lipinski definition) is 1. The predicted octanol–water partition coefficient (Wildman–Crippen LogP) is 4.82. The third kappa shape index (κ3) is 5.00. The number of nitrogens with one attached hydrogen (secondary N) is 1. The van der Waals surface area contributed by atoms with Crippen LogP contribution in [-0.4, -0.2) is 62.9 Å². The molecule has 1 unspecified atom stereocenters. The van der Waals surface area contributed by atoms with Crippen molar-refractivity contribution in [2.75, 3.05) is 31.6 Å². The zero-order chi connectivity index (χ0) is 26.2. The number of carbonyl (C=O) groups excluding carboxylic acids is 1. The number of halogens is 1. The van der Waals surface area contributed by atoms with Gasteiger partial charge in [-0.2, -0.15) is 5.10 Å². The lowest BCUT2D eigenvalue weighted by atomic mass is 9.90. The van der Waals surface area contributed by atoms with Crippen LogP contribution in [0.4, 0.5) is 10.1 Å². The van der Waals surface area contributed by atoms with E-state index >= 15 is 0 Å². The molecule has 1 atom stereocenters. The molecule has 0 aromatic carbocycles. The van der Waals surface area contributed by atoms with Crippen LogP contribution in [0, 0.1) is 19.7 Å². The summed E-state index contributed by atoms with van der Waals surface area (Å²) in [6, 6.07) is 4.05. The standard InChI is InChI=1S/C29H33FN6O2/c1-18-13-23(16-31-27(18)21-5-7-24(8-6-21)35-9-11-38-12-10-35)34-29(37)25-17-33-36(19(25)2)28-26(30)14-22(15-32-28)20-3-4-20/h5,13-17,20,24H,3-4,6-12H2,1-2H3,(H,34,37). The van der Waals surface area contributed by atoms with E-state index < -0.39 is 5.82 Å². The number of amides is 1. The lowest BCUT2D eigenvalue weighted by molar-refractivity contribution is 0.0150. The van der Waals surface area contributed by atoms with Crippen molar-refractivity contribution in [3.05, 3.63) is 70.7 Å². The maximum absolute atomic E-state index is 14.8. The molecule has 0 radical (unpaired) electrons. The van der Waals surface area contributed by atoms with Gasteiger partial charge in [0.25, 0.3) is 5.91 Å². The van der Waals surface area contributed by atoms with Crippen LogP contribution in [0.15, 0.2) is 36.8 Å². The molecule has 2 fully saturated rings. The zero-order valence-corrected chi connectivity index (χ0v) is 21.9. The summed E-state index contributed by atoms with van der Waals surface area (Å²) < 4.78 is 21.6. The Morgan fingerprint density at radius 2 is 1.89 bits per heavy atom. The van der Waals surface area contributed by atoms with Gasteiger partial charge >= 0.3 is 0 Å². The van der Waals surface area contributed by atoms with Gasteiger partial charge in [0.1, 0.15) is 0 Å². The second kappa shape index (κ2) is 10.4. The third-order valence-corrected chi connectivity index (χ3v) is 7.93. The van der Waals surface area contributed by atoms with E-state index in [0.717, 1.165) is 75.2 Å². The normalized spacial score (nSPS) is 20.3. The van der Waals surface area contributed by atoms with Crippen LogP contribution < -0.4 is 5.32 Å². The van der Waals surface area contributed by atoms with Gasteiger partial charge in [-0.25, -0.2) is 14.1 Å². The molecule has 1 N–H and O–H groups in total. The molecule has 1 saturated heterocycles. The Morgan fingerprint density at radius 3 is 2.58 bits per heavy atom. The number of pyridine rings is 2. The molecule has 1 amide bonds. The first-order valence-corrected chi connectivity index (χ1v) is 13.5.